The average Bonchev–Trinajstić information content (AvgIpc) is 2.11. The van der Waals surface area contributed by atoms with Gasteiger partial charge in [0.05, 0.1) is 0 Å². The van der Waals surface area contributed by atoms with Crippen LogP contribution in [0.15, 0.2) is 0 Å². The van der Waals surface area contributed by atoms with Gasteiger partial charge in [-0.05, 0) is 18.8 Å². The largest absolute Gasteiger partial charge is 0.385 e. The maximum atomic E-state index is 10.9. The maximum Gasteiger partial charge on any atom is 0.158 e. The summed E-state index contributed by atoms with van der Waals surface area (Å²) in [5.74, 6) is 0.402. The molecule has 78 valence electrons. The number of rotatable bonds is 6. The summed E-state index contributed by atoms with van der Waals surface area (Å²) in [6.45, 7) is 7.66. The molecule has 2 nitrogen and oxygen atoms in total. The van der Waals surface area contributed by atoms with Crippen molar-refractivity contribution in [1.82, 2.24) is 0 Å². The third-order valence-electron chi connectivity index (χ3n) is 2.83. The molecule has 0 aromatic heterocycles. The molecule has 0 rings (SSSR count). The molecular weight excluding hydrogens is 164 g/mol. The van der Waals surface area contributed by atoms with Crippen LogP contribution in [-0.2, 0) is 4.79 Å². The number of hydrogen-bond acceptors (Lipinski definition) is 2. The summed E-state index contributed by atoms with van der Waals surface area (Å²) < 4.78 is 0. The predicted molar refractivity (Wildman–Crippen MR) is 54.5 cm³/mol. The van der Waals surface area contributed by atoms with Gasteiger partial charge in [-0.15, -0.1) is 0 Å². The van der Waals surface area contributed by atoms with Crippen molar-refractivity contribution in [3.8, 4) is 0 Å². The van der Waals surface area contributed by atoms with Crippen LogP contribution >= 0.6 is 0 Å². The van der Waals surface area contributed by atoms with Crippen LogP contribution in [0.1, 0.15) is 47.0 Å². The quantitative estimate of drug-likeness (QED) is 0.691. The molecule has 3 unspecified atom stereocenters. The summed E-state index contributed by atoms with van der Waals surface area (Å²) in [4.78, 5) is 10.9. The number of Topliss-reactive ketones (excluding diaryl/α,β-unsaturated/α-hetero) is 1. The van der Waals surface area contributed by atoms with E-state index >= 15 is 0 Å². The Bertz CT molecular complexity index is 154. The Morgan fingerprint density at radius 2 is 1.92 bits per heavy atom. The van der Waals surface area contributed by atoms with Crippen LogP contribution in [0.5, 0.6) is 0 Å². The van der Waals surface area contributed by atoms with Crippen LogP contribution in [0.3, 0.4) is 0 Å². The first-order valence-corrected chi connectivity index (χ1v) is 5.19. The van der Waals surface area contributed by atoms with E-state index in [9.17, 15) is 9.90 Å². The molecule has 0 fully saturated rings. The van der Waals surface area contributed by atoms with Crippen molar-refractivity contribution >= 4 is 5.78 Å². The molecule has 0 aliphatic carbocycles. The first-order valence-electron chi connectivity index (χ1n) is 5.19. The molecule has 0 bridgehead atoms. The lowest BCUT2D eigenvalue weighted by molar-refractivity contribution is -0.128. The summed E-state index contributed by atoms with van der Waals surface area (Å²) in [7, 11) is 0. The molecule has 0 amide bonds. The van der Waals surface area contributed by atoms with E-state index in [0.29, 0.717) is 5.92 Å². The van der Waals surface area contributed by atoms with Crippen LogP contribution < -0.4 is 0 Å². The molecule has 0 aromatic rings. The molecule has 2 heteroatoms. The number of carbonyl (C=O) groups is 1. The Morgan fingerprint density at radius 3 is 2.31 bits per heavy atom. The van der Waals surface area contributed by atoms with Gasteiger partial charge in [-0.3, -0.25) is 4.79 Å². The Balaban J connectivity index is 3.93. The molecule has 0 aliphatic heterocycles. The second-order valence-corrected chi connectivity index (χ2v) is 4.03. The standard InChI is InChI=1S/C11H22O2/c1-5-6-7-8(2)9(3)11(13)10(4)12/h8-9,11,13H,5-7H2,1-4H3. The van der Waals surface area contributed by atoms with Crippen LogP contribution in [0.25, 0.3) is 0 Å². The van der Waals surface area contributed by atoms with Crippen molar-refractivity contribution in [2.75, 3.05) is 0 Å². The fraction of sp³-hybridized carbons (Fsp3) is 0.909. The minimum Gasteiger partial charge on any atom is -0.385 e. The van der Waals surface area contributed by atoms with E-state index in [4.69, 9.17) is 0 Å². The Labute approximate surface area is 81.3 Å². The summed E-state index contributed by atoms with van der Waals surface area (Å²) in [6.07, 6.45) is 2.68. The molecule has 0 saturated heterocycles. The number of unbranched alkanes of at least 4 members (excludes halogenated alkanes) is 1. The summed E-state index contributed by atoms with van der Waals surface area (Å²) in [5, 5.41) is 9.52. The van der Waals surface area contributed by atoms with Gasteiger partial charge in [-0.25, -0.2) is 0 Å². The molecule has 3 atom stereocenters. The molecule has 0 saturated carbocycles. The van der Waals surface area contributed by atoms with Crippen molar-refractivity contribution in [1.29, 1.82) is 0 Å². The first-order chi connectivity index (χ1) is 6.00. The second kappa shape index (κ2) is 6.14. The van der Waals surface area contributed by atoms with Gasteiger partial charge < -0.3 is 5.11 Å². The van der Waals surface area contributed by atoms with Crippen LogP contribution in [0, 0.1) is 11.8 Å². The van der Waals surface area contributed by atoms with E-state index in [1.54, 1.807) is 0 Å². The highest BCUT2D eigenvalue weighted by atomic mass is 16.3. The summed E-state index contributed by atoms with van der Waals surface area (Å²) >= 11 is 0. The van der Waals surface area contributed by atoms with Crippen molar-refractivity contribution < 1.29 is 9.90 Å². The van der Waals surface area contributed by atoms with E-state index in [1.807, 2.05) is 6.92 Å². The van der Waals surface area contributed by atoms with Crippen LogP contribution in [0.4, 0.5) is 0 Å². The van der Waals surface area contributed by atoms with E-state index in [-0.39, 0.29) is 11.7 Å². The van der Waals surface area contributed by atoms with E-state index < -0.39 is 6.10 Å². The van der Waals surface area contributed by atoms with Gasteiger partial charge in [0.1, 0.15) is 6.10 Å². The molecule has 0 aromatic carbocycles. The average molecular weight is 186 g/mol. The van der Waals surface area contributed by atoms with Crippen molar-refractivity contribution in [3.63, 3.8) is 0 Å². The fourth-order valence-corrected chi connectivity index (χ4v) is 1.47. The lowest BCUT2D eigenvalue weighted by atomic mass is 9.85. The zero-order valence-corrected chi connectivity index (χ0v) is 9.21. The third kappa shape index (κ3) is 4.41. The second-order valence-electron chi connectivity index (χ2n) is 4.03. The van der Waals surface area contributed by atoms with Gasteiger partial charge in [-0.1, -0.05) is 40.0 Å². The minimum absolute atomic E-state index is 0.0871. The monoisotopic (exact) mass is 186 g/mol. The lowest BCUT2D eigenvalue weighted by Crippen LogP contribution is -2.30. The lowest BCUT2D eigenvalue weighted by Gasteiger charge is -2.23. The first kappa shape index (κ1) is 12.6. The number of ketones is 1. The smallest absolute Gasteiger partial charge is 0.158 e. The van der Waals surface area contributed by atoms with Gasteiger partial charge >= 0.3 is 0 Å². The summed E-state index contributed by atoms with van der Waals surface area (Å²) in [6, 6.07) is 0. The topological polar surface area (TPSA) is 37.3 Å². The molecular formula is C11H22O2. The normalized spacial score (nSPS) is 17.9. The number of aliphatic hydroxyl groups excluding tert-OH is 1. The van der Waals surface area contributed by atoms with Crippen molar-refractivity contribution in [3.05, 3.63) is 0 Å². The molecule has 0 radical (unpaired) electrons. The number of carbonyl (C=O) groups excluding carboxylic acids is 1. The molecule has 13 heavy (non-hydrogen) atoms. The Kier molecular flexibility index (Phi) is 5.97. The predicted octanol–water partition coefficient (Wildman–Crippen LogP) is 2.40. The highest BCUT2D eigenvalue weighted by molar-refractivity contribution is 5.80. The van der Waals surface area contributed by atoms with E-state index in [2.05, 4.69) is 13.8 Å². The summed E-state index contributed by atoms with van der Waals surface area (Å²) in [5.41, 5.74) is 0. The highest BCUT2D eigenvalue weighted by Gasteiger charge is 2.23. The van der Waals surface area contributed by atoms with E-state index in [0.717, 1.165) is 6.42 Å². The Hall–Kier alpha value is -0.370. The van der Waals surface area contributed by atoms with Gasteiger partial charge in [0.25, 0.3) is 0 Å². The SMILES string of the molecule is CCCCC(C)C(C)C(O)C(C)=O. The molecule has 0 heterocycles. The van der Waals surface area contributed by atoms with Crippen molar-refractivity contribution in [2.24, 2.45) is 11.8 Å². The zero-order valence-electron chi connectivity index (χ0n) is 9.21. The van der Waals surface area contributed by atoms with Crippen LogP contribution in [0.2, 0.25) is 0 Å². The minimum atomic E-state index is -0.771. The van der Waals surface area contributed by atoms with E-state index in [1.165, 1.54) is 19.8 Å². The van der Waals surface area contributed by atoms with Crippen LogP contribution in [-0.4, -0.2) is 17.0 Å². The number of hydrogen-bond donors (Lipinski definition) is 1. The molecule has 1 N–H and O–H groups in total. The van der Waals surface area contributed by atoms with Crippen molar-refractivity contribution in [2.45, 2.75) is 53.1 Å². The highest BCUT2D eigenvalue weighted by Crippen LogP contribution is 2.21. The van der Waals surface area contributed by atoms with Gasteiger partial charge in [0, 0.05) is 0 Å². The number of aliphatic hydroxyl groups is 1. The van der Waals surface area contributed by atoms with Gasteiger partial charge in [0.15, 0.2) is 5.78 Å². The molecule has 0 spiro atoms. The fourth-order valence-electron chi connectivity index (χ4n) is 1.47. The maximum absolute atomic E-state index is 10.9. The van der Waals surface area contributed by atoms with Gasteiger partial charge in [-0.2, -0.15) is 0 Å². The third-order valence-corrected chi connectivity index (χ3v) is 2.83. The van der Waals surface area contributed by atoms with Gasteiger partial charge in [0.2, 0.25) is 0 Å². The zero-order chi connectivity index (χ0) is 10.4. The Morgan fingerprint density at radius 1 is 1.38 bits per heavy atom. The molecule has 0 aliphatic rings.